The topological polar surface area (TPSA) is 18.5 Å². The molecule has 2 nitrogen and oxygen atoms in total. The summed E-state index contributed by atoms with van der Waals surface area (Å²) < 4.78 is 10.7. The first-order valence-electron chi connectivity index (χ1n) is 10.6. The molecule has 164 valence electrons. The predicted molar refractivity (Wildman–Crippen MR) is 131 cm³/mol. The molecule has 4 aromatic carbocycles. The number of rotatable bonds is 8. The Morgan fingerprint density at radius 3 is 1.48 bits per heavy atom. The van der Waals surface area contributed by atoms with Gasteiger partial charge in [-0.05, 0) is 26.7 Å². The molecule has 0 aromatic heterocycles. The van der Waals surface area contributed by atoms with Crippen LogP contribution in [0.15, 0.2) is 72.8 Å². The average molecular weight is 537 g/mol. The number of benzene rings is 2. The van der Waals surface area contributed by atoms with E-state index in [2.05, 4.69) is 72.8 Å². The van der Waals surface area contributed by atoms with E-state index in [9.17, 15) is 0 Å². The average Bonchev–Trinajstić information content (AvgIpc) is 3.40. The molecule has 0 unspecified atom stereocenters. The Bertz CT molecular complexity index is 913. The molecule has 0 aliphatic heterocycles. The van der Waals surface area contributed by atoms with Gasteiger partial charge in [0.05, 0.1) is 0 Å². The summed E-state index contributed by atoms with van der Waals surface area (Å²) in [5, 5.41) is 5.40. The number of ether oxygens (including phenoxy) is 2. The maximum absolute atomic E-state index is 5.36. The van der Waals surface area contributed by atoms with Crippen LogP contribution < -0.4 is 0 Å². The first-order valence-corrected chi connectivity index (χ1v) is 17.0. The van der Waals surface area contributed by atoms with Gasteiger partial charge in [0.15, 0.2) is 0 Å². The molecule has 0 saturated heterocycles. The van der Waals surface area contributed by atoms with Crippen molar-refractivity contribution >= 4 is 38.6 Å². The molecule has 0 aliphatic carbocycles. The molecule has 31 heavy (non-hydrogen) atoms. The summed E-state index contributed by atoms with van der Waals surface area (Å²) in [4.78, 5) is 0. The molecule has 4 aromatic rings. The van der Waals surface area contributed by atoms with Crippen molar-refractivity contribution in [3.05, 3.63) is 83.9 Å². The summed E-state index contributed by atoms with van der Waals surface area (Å²) in [5.74, 6) is 0. The Morgan fingerprint density at radius 1 is 0.710 bits per heavy atom. The van der Waals surface area contributed by atoms with Gasteiger partial charge in [-0.25, -0.2) is 0 Å². The van der Waals surface area contributed by atoms with E-state index in [0.717, 1.165) is 39.3 Å². The molecule has 5 heteroatoms. The number of halogens is 2. The van der Waals surface area contributed by atoms with Crippen molar-refractivity contribution in [3.8, 4) is 0 Å². The second-order valence-corrected chi connectivity index (χ2v) is 10.6. The SMILES string of the molecule is CCOCCc1c[cH-]c2ccccc12.CCOCCc1c[cH-]c2ccccc12.[Cl][Zr+2][Cl]. The molecule has 0 fully saturated rings. The third-order valence-electron chi connectivity index (χ3n) is 4.98. The molecule has 0 bridgehead atoms. The van der Waals surface area contributed by atoms with E-state index in [1.807, 2.05) is 13.8 Å². The van der Waals surface area contributed by atoms with Gasteiger partial charge in [-0.2, -0.15) is 11.1 Å². The summed E-state index contributed by atoms with van der Waals surface area (Å²) in [7, 11) is 9.87. The third kappa shape index (κ3) is 8.83. The molecule has 0 spiro atoms. The predicted octanol–water partition coefficient (Wildman–Crippen LogP) is 7.65. The van der Waals surface area contributed by atoms with Crippen molar-refractivity contribution in [1.29, 1.82) is 0 Å². The van der Waals surface area contributed by atoms with E-state index in [1.54, 1.807) is 0 Å². The Morgan fingerprint density at radius 2 is 1.10 bits per heavy atom. The van der Waals surface area contributed by atoms with Gasteiger partial charge in [0.1, 0.15) is 0 Å². The first-order chi connectivity index (χ1) is 15.2. The Kier molecular flexibility index (Phi) is 13.4. The van der Waals surface area contributed by atoms with E-state index in [4.69, 9.17) is 26.5 Å². The minimum atomic E-state index is -0.826. The zero-order chi connectivity index (χ0) is 22.3. The fraction of sp³-hybridized carbons (Fsp3) is 0.308. The van der Waals surface area contributed by atoms with Crippen LogP contribution in [-0.2, 0) is 43.2 Å². The number of hydrogen-bond acceptors (Lipinski definition) is 2. The van der Waals surface area contributed by atoms with Crippen molar-refractivity contribution in [2.45, 2.75) is 26.7 Å². The van der Waals surface area contributed by atoms with E-state index < -0.39 is 20.8 Å². The molecular formula is C26H30Cl2O2Zr. The van der Waals surface area contributed by atoms with Crippen LogP contribution >= 0.6 is 17.0 Å². The number of fused-ring (bicyclic) bond motifs is 2. The molecule has 0 N–H and O–H groups in total. The summed E-state index contributed by atoms with van der Waals surface area (Å²) in [6, 6.07) is 25.7. The fourth-order valence-corrected chi connectivity index (χ4v) is 3.52. The summed E-state index contributed by atoms with van der Waals surface area (Å²) in [6.07, 6.45) is 2.03. The number of hydrogen-bond donors (Lipinski definition) is 0. The van der Waals surface area contributed by atoms with Crippen molar-refractivity contribution in [2.75, 3.05) is 26.4 Å². The van der Waals surface area contributed by atoms with Gasteiger partial charge in [-0.3, -0.25) is 0 Å². The molecule has 0 radical (unpaired) electrons. The maximum atomic E-state index is 5.36. The van der Waals surface area contributed by atoms with Crippen LogP contribution in [0.1, 0.15) is 25.0 Å². The molecule has 4 rings (SSSR count). The van der Waals surface area contributed by atoms with Gasteiger partial charge in [0.2, 0.25) is 0 Å². The van der Waals surface area contributed by atoms with Crippen molar-refractivity contribution in [1.82, 2.24) is 0 Å². The van der Waals surface area contributed by atoms with Crippen molar-refractivity contribution in [3.63, 3.8) is 0 Å². The summed E-state index contributed by atoms with van der Waals surface area (Å²) >= 11 is -0.826. The van der Waals surface area contributed by atoms with E-state index in [0.29, 0.717) is 0 Å². The van der Waals surface area contributed by atoms with E-state index in [1.165, 1.54) is 32.7 Å². The van der Waals surface area contributed by atoms with Crippen LogP contribution in [0.4, 0.5) is 0 Å². The van der Waals surface area contributed by atoms with Gasteiger partial charge in [-0.15, -0.1) is 82.2 Å². The van der Waals surface area contributed by atoms with Crippen LogP contribution in [0.25, 0.3) is 21.5 Å². The third-order valence-corrected chi connectivity index (χ3v) is 4.98. The fourth-order valence-electron chi connectivity index (χ4n) is 3.52. The van der Waals surface area contributed by atoms with Crippen LogP contribution in [0, 0.1) is 0 Å². The second-order valence-electron chi connectivity index (χ2n) is 6.86. The van der Waals surface area contributed by atoms with Crippen LogP contribution in [0.2, 0.25) is 0 Å². The first kappa shape index (κ1) is 26.3. The van der Waals surface area contributed by atoms with Gasteiger partial charge >= 0.3 is 37.9 Å². The van der Waals surface area contributed by atoms with Gasteiger partial charge in [0, 0.05) is 26.4 Å². The molecule has 0 saturated carbocycles. The minimum absolute atomic E-state index is 0.804. The Hall–Kier alpha value is -0.957. The molecule has 0 atom stereocenters. The van der Waals surface area contributed by atoms with E-state index in [-0.39, 0.29) is 0 Å². The molecule has 0 amide bonds. The normalized spacial score (nSPS) is 10.2. The van der Waals surface area contributed by atoms with Gasteiger partial charge in [-0.1, -0.05) is 12.1 Å². The Labute approximate surface area is 204 Å². The van der Waals surface area contributed by atoms with Gasteiger partial charge in [0.25, 0.3) is 0 Å². The second kappa shape index (κ2) is 15.8. The van der Waals surface area contributed by atoms with Crippen molar-refractivity contribution < 1.29 is 30.3 Å². The Balaban J connectivity index is 0.000000196. The quantitative estimate of drug-likeness (QED) is 0.170. The zero-order valence-corrected chi connectivity index (χ0v) is 22.2. The molecule has 0 heterocycles. The molecule has 0 aliphatic rings. The van der Waals surface area contributed by atoms with Crippen LogP contribution in [0.5, 0.6) is 0 Å². The van der Waals surface area contributed by atoms with Crippen LogP contribution in [0.3, 0.4) is 0 Å². The van der Waals surface area contributed by atoms with Gasteiger partial charge < -0.3 is 9.47 Å². The zero-order valence-electron chi connectivity index (χ0n) is 18.2. The van der Waals surface area contributed by atoms with Crippen LogP contribution in [-0.4, -0.2) is 26.4 Å². The van der Waals surface area contributed by atoms with E-state index >= 15 is 0 Å². The summed E-state index contributed by atoms with van der Waals surface area (Å²) in [6.45, 7) is 7.32. The molecular weight excluding hydrogens is 506 g/mol. The van der Waals surface area contributed by atoms with Crippen molar-refractivity contribution in [2.24, 2.45) is 0 Å². The standard InChI is InChI=1S/2C13H15O.2ClH.Zr/c2*1-2-14-10-9-12-8-7-11-5-3-4-6-13(11)12;;;/h2*3-8H,2,9-10H2,1H3;2*1H;/q2*-1;;;+4/p-2. The monoisotopic (exact) mass is 534 g/mol. The summed E-state index contributed by atoms with van der Waals surface area (Å²) in [5.41, 5.74) is 2.79.